The first-order chi connectivity index (χ1) is 13.0. The highest BCUT2D eigenvalue weighted by Gasteiger charge is 2.17. The minimum Gasteiger partial charge on any atom is -0.491 e. The third-order valence-corrected chi connectivity index (χ3v) is 4.55. The largest absolute Gasteiger partial charge is 0.491 e. The fourth-order valence-electron chi connectivity index (χ4n) is 3.24. The first-order valence-corrected chi connectivity index (χ1v) is 9.46. The van der Waals surface area contributed by atoms with Crippen LogP contribution in [0.15, 0.2) is 52.9 Å². The van der Waals surface area contributed by atoms with Crippen LogP contribution in [0.4, 0.5) is 0 Å². The van der Waals surface area contributed by atoms with Crippen LogP contribution in [0.2, 0.25) is 0 Å². The van der Waals surface area contributed by atoms with Gasteiger partial charge < -0.3 is 14.1 Å². The lowest BCUT2D eigenvalue weighted by molar-refractivity contribution is -0.129. The number of carbonyl (C=O) groups excluding carboxylic acids is 1. The predicted octanol–water partition coefficient (Wildman–Crippen LogP) is 4.98. The summed E-state index contributed by atoms with van der Waals surface area (Å²) in [5, 5.41) is 1.08. The van der Waals surface area contributed by atoms with Crippen LogP contribution in [0, 0.1) is 0 Å². The minimum atomic E-state index is 0.0732. The Morgan fingerprint density at radius 1 is 1.15 bits per heavy atom. The van der Waals surface area contributed by atoms with E-state index in [1.54, 1.807) is 4.90 Å². The van der Waals surface area contributed by atoms with E-state index >= 15 is 0 Å². The summed E-state index contributed by atoms with van der Waals surface area (Å²) in [5.41, 5.74) is 2.93. The Morgan fingerprint density at radius 3 is 2.67 bits per heavy atom. The molecule has 0 spiro atoms. The fourth-order valence-corrected chi connectivity index (χ4v) is 3.24. The van der Waals surface area contributed by atoms with Crippen molar-refractivity contribution in [3.8, 4) is 5.75 Å². The number of rotatable bonds is 7. The number of amides is 1. The number of furan rings is 1. The topological polar surface area (TPSA) is 42.7 Å². The lowest BCUT2D eigenvalue weighted by Crippen LogP contribution is -2.28. The smallest absolute Gasteiger partial charge is 0.227 e. The molecule has 0 aliphatic heterocycles. The quantitative estimate of drug-likeness (QED) is 0.593. The summed E-state index contributed by atoms with van der Waals surface area (Å²) in [6.45, 7) is 6.60. The first-order valence-electron chi connectivity index (χ1n) is 9.46. The summed E-state index contributed by atoms with van der Waals surface area (Å²) in [6.07, 6.45) is 1.27. The molecule has 4 nitrogen and oxygen atoms in total. The summed E-state index contributed by atoms with van der Waals surface area (Å²) < 4.78 is 11.7. The van der Waals surface area contributed by atoms with Gasteiger partial charge in [0.05, 0.1) is 12.5 Å². The number of hydrogen-bond donors (Lipinski definition) is 0. The van der Waals surface area contributed by atoms with Crippen LogP contribution in [0.25, 0.3) is 11.0 Å². The summed E-state index contributed by atoms with van der Waals surface area (Å²) >= 11 is 0. The highest BCUT2D eigenvalue weighted by atomic mass is 16.5. The number of para-hydroxylation sites is 1. The van der Waals surface area contributed by atoms with E-state index in [-0.39, 0.29) is 12.0 Å². The lowest BCUT2D eigenvalue weighted by Gasteiger charge is -2.18. The molecule has 2 aromatic carbocycles. The molecule has 0 fully saturated rings. The number of fused-ring (bicyclic) bond motifs is 1. The molecule has 142 valence electrons. The Morgan fingerprint density at radius 2 is 1.93 bits per heavy atom. The Balaban J connectivity index is 1.73. The van der Waals surface area contributed by atoms with Gasteiger partial charge in [0.15, 0.2) is 0 Å². The highest BCUT2D eigenvalue weighted by molar-refractivity contribution is 5.83. The van der Waals surface area contributed by atoms with Gasteiger partial charge in [0.1, 0.15) is 17.1 Å². The zero-order chi connectivity index (χ0) is 19.4. The van der Waals surface area contributed by atoms with Crippen molar-refractivity contribution in [1.82, 2.24) is 4.90 Å². The second kappa shape index (κ2) is 8.30. The van der Waals surface area contributed by atoms with Crippen LogP contribution in [-0.2, 0) is 24.2 Å². The van der Waals surface area contributed by atoms with Crippen LogP contribution in [0.3, 0.4) is 0 Å². The Bertz CT molecular complexity index is 926. The van der Waals surface area contributed by atoms with Gasteiger partial charge in [-0.15, -0.1) is 0 Å². The molecule has 3 aromatic rings. The number of nitrogens with zero attached hydrogens (tertiary/aromatic N) is 1. The van der Waals surface area contributed by atoms with Gasteiger partial charge in [0, 0.05) is 31.0 Å². The molecule has 4 heteroatoms. The molecule has 0 radical (unpaired) electrons. The van der Waals surface area contributed by atoms with Crippen LogP contribution in [0.1, 0.15) is 37.7 Å². The highest BCUT2D eigenvalue weighted by Crippen LogP contribution is 2.27. The first kappa shape index (κ1) is 19.0. The van der Waals surface area contributed by atoms with Crippen LogP contribution in [-0.4, -0.2) is 24.0 Å². The number of benzene rings is 2. The van der Waals surface area contributed by atoms with Gasteiger partial charge in [-0.1, -0.05) is 37.3 Å². The average Bonchev–Trinajstić information content (AvgIpc) is 2.99. The van der Waals surface area contributed by atoms with Crippen molar-refractivity contribution in [3.63, 3.8) is 0 Å². The molecule has 0 bridgehead atoms. The average molecular weight is 365 g/mol. The molecule has 1 heterocycles. The van der Waals surface area contributed by atoms with E-state index in [1.165, 1.54) is 0 Å². The molecule has 3 rings (SSSR count). The number of aryl methyl sites for hydroxylation is 1. The van der Waals surface area contributed by atoms with Gasteiger partial charge in [-0.3, -0.25) is 4.79 Å². The zero-order valence-electron chi connectivity index (χ0n) is 16.5. The van der Waals surface area contributed by atoms with Crippen molar-refractivity contribution in [2.75, 3.05) is 7.05 Å². The van der Waals surface area contributed by atoms with Crippen molar-refractivity contribution in [3.05, 3.63) is 65.4 Å². The van der Waals surface area contributed by atoms with E-state index in [9.17, 15) is 4.79 Å². The van der Waals surface area contributed by atoms with Crippen molar-refractivity contribution >= 4 is 16.9 Å². The second-order valence-electron chi connectivity index (χ2n) is 7.09. The van der Waals surface area contributed by atoms with E-state index in [2.05, 4.69) is 13.0 Å². The molecule has 0 atom stereocenters. The molecule has 1 amide bonds. The third kappa shape index (κ3) is 4.51. The summed E-state index contributed by atoms with van der Waals surface area (Å²) in [6, 6.07) is 15.7. The molecular weight excluding hydrogens is 338 g/mol. The maximum atomic E-state index is 12.8. The van der Waals surface area contributed by atoms with E-state index < -0.39 is 0 Å². The Hall–Kier alpha value is -2.75. The van der Waals surface area contributed by atoms with Gasteiger partial charge in [-0.05, 0) is 37.6 Å². The molecule has 0 aliphatic carbocycles. The molecule has 0 saturated heterocycles. The number of likely N-dealkylation sites (N-methyl/N-ethyl adjacent to an activating group) is 1. The van der Waals surface area contributed by atoms with Gasteiger partial charge in [-0.2, -0.15) is 0 Å². The van der Waals surface area contributed by atoms with Crippen molar-refractivity contribution < 1.29 is 13.9 Å². The van der Waals surface area contributed by atoms with E-state index in [4.69, 9.17) is 9.15 Å². The number of ether oxygens (including phenoxy) is 1. The lowest BCUT2D eigenvalue weighted by atomic mass is 10.1. The second-order valence-corrected chi connectivity index (χ2v) is 7.09. The van der Waals surface area contributed by atoms with E-state index in [0.717, 1.165) is 40.0 Å². The molecule has 0 aliphatic rings. The Kier molecular flexibility index (Phi) is 5.84. The van der Waals surface area contributed by atoms with Crippen molar-refractivity contribution in [2.45, 2.75) is 46.3 Å². The third-order valence-electron chi connectivity index (χ3n) is 4.55. The van der Waals surface area contributed by atoms with Crippen molar-refractivity contribution in [2.24, 2.45) is 0 Å². The summed E-state index contributed by atoms with van der Waals surface area (Å²) in [4.78, 5) is 14.5. The zero-order valence-corrected chi connectivity index (χ0v) is 16.5. The fraction of sp³-hybridized carbons (Fsp3) is 0.348. The number of hydrogen-bond acceptors (Lipinski definition) is 3. The van der Waals surface area contributed by atoms with Crippen molar-refractivity contribution in [1.29, 1.82) is 0 Å². The predicted molar refractivity (Wildman–Crippen MR) is 108 cm³/mol. The normalized spacial score (nSPS) is 11.1. The van der Waals surface area contributed by atoms with Gasteiger partial charge >= 0.3 is 0 Å². The van der Waals surface area contributed by atoms with Crippen LogP contribution >= 0.6 is 0 Å². The Labute approximate surface area is 160 Å². The molecule has 0 unspecified atom stereocenters. The number of carbonyl (C=O) groups is 1. The summed E-state index contributed by atoms with van der Waals surface area (Å²) in [5.74, 6) is 1.82. The maximum absolute atomic E-state index is 12.8. The molecule has 0 N–H and O–H groups in total. The van der Waals surface area contributed by atoms with Crippen LogP contribution in [0.5, 0.6) is 5.75 Å². The monoisotopic (exact) mass is 365 g/mol. The molecule has 27 heavy (non-hydrogen) atoms. The molecule has 0 saturated carbocycles. The molecule has 1 aromatic heterocycles. The SMILES string of the molecule is CCc1oc2ccccc2c1CN(C)C(=O)Cc1cccc(OC(C)C)c1. The maximum Gasteiger partial charge on any atom is 0.227 e. The van der Waals surface area contributed by atoms with Gasteiger partial charge in [0.2, 0.25) is 5.91 Å². The van der Waals surface area contributed by atoms with E-state index in [1.807, 2.05) is 63.4 Å². The van der Waals surface area contributed by atoms with Gasteiger partial charge in [0.25, 0.3) is 0 Å². The summed E-state index contributed by atoms with van der Waals surface area (Å²) in [7, 11) is 1.85. The minimum absolute atomic E-state index is 0.0732. The molecular formula is C23H27NO3. The standard InChI is InChI=1S/C23H27NO3/c1-5-21-20(19-11-6-7-12-22(19)27-21)15-24(4)23(25)14-17-9-8-10-18(13-17)26-16(2)3/h6-13,16H,5,14-15H2,1-4H3. The van der Waals surface area contributed by atoms with E-state index in [0.29, 0.717) is 13.0 Å². The van der Waals surface area contributed by atoms with Gasteiger partial charge in [-0.25, -0.2) is 0 Å². The van der Waals surface area contributed by atoms with Crippen LogP contribution < -0.4 is 4.74 Å².